The molecule has 3 rings (SSSR count). The maximum absolute atomic E-state index is 12.8. The van der Waals surface area contributed by atoms with E-state index in [4.69, 9.17) is 14.2 Å². The van der Waals surface area contributed by atoms with E-state index in [-0.39, 0.29) is 4.90 Å². The Kier molecular flexibility index (Phi) is 6.73. The zero-order valence-electron chi connectivity index (χ0n) is 17.0. The monoisotopic (exact) mass is 429 g/mol. The van der Waals surface area contributed by atoms with E-state index < -0.39 is 10.0 Å². The summed E-state index contributed by atoms with van der Waals surface area (Å²) in [5.74, 6) is 1.23. The van der Waals surface area contributed by atoms with Crippen molar-refractivity contribution < 1.29 is 22.6 Å². The van der Waals surface area contributed by atoms with Crippen molar-refractivity contribution >= 4 is 15.7 Å². The highest BCUT2D eigenvalue weighted by Crippen LogP contribution is 2.30. The third-order valence-corrected chi connectivity index (χ3v) is 5.55. The van der Waals surface area contributed by atoms with E-state index >= 15 is 0 Å². The summed E-state index contributed by atoms with van der Waals surface area (Å²) in [6.45, 7) is 2.58. The number of rotatable bonds is 9. The molecule has 0 aliphatic carbocycles. The molecule has 0 atom stereocenters. The number of aromatic nitrogens is 2. The molecule has 158 valence electrons. The topological polar surface area (TPSA) is 99.6 Å². The van der Waals surface area contributed by atoms with Crippen molar-refractivity contribution in [3.8, 4) is 28.6 Å². The average molecular weight is 429 g/mol. The van der Waals surface area contributed by atoms with Crippen molar-refractivity contribution in [1.29, 1.82) is 0 Å². The van der Waals surface area contributed by atoms with Crippen LogP contribution in [-0.2, 0) is 10.0 Å². The summed E-state index contributed by atoms with van der Waals surface area (Å²) in [7, 11) is -0.892. The normalized spacial score (nSPS) is 11.0. The molecule has 0 fully saturated rings. The Labute approximate surface area is 175 Å². The van der Waals surface area contributed by atoms with Gasteiger partial charge >= 0.3 is 0 Å². The second kappa shape index (κ2) is 9.45. The summed E-state index contributed by atoms with van der Waals surface area (Å²) in [5, 5.41) is 8.20. The van der Waals surface area contributed by atoms with Gasteiger partial charge in [0.25, 0.3) is 10.0 Å². The van der Waals surface area contributed by atoms with Gasteiger partial charge in [-0.25, -0.2) is 8.42 Å². The molecule has 0 radical (unpaired) electrons. The Bertz CT molecular complexity index is 1100. The molecule has 0 bridgehead atoms. The van der Waals surface area contributed by atoms with Crippen molar-refractivity contribution in [1.82, 2.24) is 10.2 Å². The first kappa shape index (κ1) is 21.4. The standard InChI is InChI=1S/C21H23N3O5S/c1-4-12-29-21-11-9-18(22-23-21)15-6-5-7-16(13-15)24-30(25,26)17-8-10-19(27-2)20(14-17)28-3/h5-11,13-14,24H,4,12H2,1-3H3. The van der Waals surface area contributed by atoms with Crippen molar-refractivity contribution in [2.75, 3.05) is 25.5 Å². The number of benzene rings is 2. The fraction of sp³-hybridized carbons (Fsp3) is 0.238. The Morgan fingerprint density at radius 2 is 1.73 bits per heavy atom. The van der Waals surface area contributed by atoms with E-state index in [0.29, 0.717) is 35.4 Å². The van der Waals surface area contributed by atoms with Gasteiger partial charge in [0, 0.05) is 23.4 Å². The van der Waals surface area contributed by atoms with Crippen LogP contribution >= 0.6 is 0 Å². The van der Waals surface area contributed by atoms with Crippen LogP contribution in [0.2, 0.25) is 0 Å². The number of hydrogen-bond acceptors (Lipinski definition) is 7. The van der Waals surface area contributed by atoms with Gasteiger partial charge in [-0.2, -0.15) is 0 Å². The van der Waals surface area contributed by atoms with Gasteiger partial charge in [0.2, 0.25) is 5.88 Å². The zero-order valence-corrected chi connectivity index (χ0v) is 17.8. The Balaban J connectivity index is 1.82. The van der Waals surface area contributed by atoms with Gasteiger partial charge in [-0.3, -0.25) is 4.72 Å². The lowest BCUT2D eigenvalue weighted by atomic mass is 10.1. The van der Waals surface area contributed by atoms with E-state index in [2.05, 4.69) is 14.9 Å². The van der Waals surface area contributed by atoms with Crippen LogP contribution in [0.5, 0.6) is 17.4 Å². The fourth-order valence-corrected chi connectivity index (χ4v) is 3.76. The van der Waals surface area contributed by atoms with E-state index in [1.54, 1.807) is 36.4 Å². The maximum atomic E-state index is 12.8. The molecule has 0 saturated heterocycles. The van der Waals surface area contributed by atoms with Crippen molar-refractivity contribution in [2.45, 2.75) is 18.2 Å². The third kappa shape index (κ3) is 4.98. The molecule has 1 aromatic heterocycles. The lowest BCUT2D eigenvalue weighted by Gasteiger charge is -2.12. The van der Waals surface area contributed by atoms with Gasteiger partial charge in [-0.1, -0.05) is 19.1 Å². The number of methoxy groups -OCH3 is 2. The lowest BCUT2D eigenvalue weighted by molar-refractivity contribution is 0.302. The van der Waals surface area contributed by atoms with Crippen molar-refractivity contribution in [3.05, 3.63) is 54.6 Å². The predicted octanol–water partition coefficient (Wildman–Crippen LogP) is 3.75. The SMILES string of the molecule is CCCOc1ccc(-c2cccc(NS(=O)(=O)c3ccc(OC)c(OC)c3)c2)nn1. The van der Waals surface area contributed by atoms with Crippen LogP contribution < -0.4 is 18.9 Å². The van der Waals surface area contributed by atoms with Crippen LogP contribution in [0.25, 0.3) is 11.3 Å². The molecule has 9 heteroatoms. The fourth-order valence-electron chi connectivity index (χ4n) is 2.70. The molecule has 0 aliphatic rings. The number of anilines is 1. The van der Waals surface area contributed by atoms with Crippen LogP contribution in [0, 0.1) is 0 Å². The van der Waals surface area contributed by atoms with Gasteiger partial charge in [-0.15, -0.1) is 10.2 Å². The van der Waals surface area contributed by atoms with Crippen LogP contribution in [0.1, 0.15) is 13.3 Å². The predicted molar refractivity (Wildman–Crippen MR) is 114 cm³/mol. The molecule has 0 unspecified atom stereocenters. The molecule has 0 aliphatic heterocycles. The number of ether oxygens (including phenoxy) is 3. The summed E-state index contributed by atoms with van der Waals surface area (Å²) in [4.78, 5) is 0.0581. The Morgan fingerprint density at radius 1 is 0.933 bits per heavy atom. The minimum atomic E-state index is -3.83. The van der Waals surface area contributed by atoms with Crippen LogP contribution in [0.15, 0.2) is 59.5 Å². The molecular weight excluding hydrogens is 406 g/mol. The Morgan fingerprint density at radius 3 is 2.40 bits per heavy atom. The lowest BCUT2D eigenvalue weighted by Crippen LogP contribution is -2.13. The summed E-state index contributed by atoms with van der Waals surface area (Å²) in [6, 6.07) is 14.8. The summed E-state index contributed by atoms with van der Waals surface area (Å²) < 4.78 is 44.0. The van der Waals surface area contributed by atoms with Gasteiger partial charge in [0.05, 0.1) is 31.4 Å². The van der Waals surface area contributed by atoms with E-state index in [1.165, 1.54) is 26.4 Å². The van der Waals surface area contributed by atoms with E-state index in [1.807, 2.05) is 13.0 Å². The molecule has 1 N–H and O–H groups in total. The van der Waals surface area contributed by atoms with E-state index in [0.717, 1.165) is 12.0 Å². The molecule has 0 spiro atoms. The van der Waals surface area contributed by atoms with Gasteiger partial charge in [0.15, 0.2) is 11.5 Å². The summed E-state index contributed by atoms with van der Waals surface area (Å²) >= 11 is 0. The number of nitrogens with zero attached hydrogens (tertiary/aromatic N) is 2. The minimum Gasteiger partial charge on any atom is -0.493 e. The molecular formula is C21H23N3O5S. The first-order chi connectivity index (χ1) is 14.5. The quantitative estimate of drug-likeness (QED) is 0.553. The molecule has 0 amide bonds. The highest BCUT2D eigenvalue weighted by atomic mass is 32.2. The van der Waals surface area contributed by atoms with Crippen LogP contribution in [-0.4, -0.2) is 39.4 Å². The largest absolute Gasteiger partial charge is 0.493 e. The van der Waals surface area contributed by atoms with Gasteiger partial charge in [-0.05, 0) is 36.8 Å². The van der Waals surface area contributed by atoms with Gasteiger partial charge in [0.1, 0.15) is 0 Å². The van der Waals surface area contributed by atoms with Crippen LogP contribution in [0.3, 0.4) is 0 Å². The van der Waals surface area contributed by atoms with Crippen molar-refractivity contribution in [3.63, 3.8) is 0 Å². The third-order valence-electron chi connectivity index (χ3n) is 4.17. The van der Waals surface area contributed by atoms with Crippen LogP contribution in [0.4, 0.5) is 5.69 Å². The van der Waals surface area contributed by atoms with Gasteiger partial charge < -0.3 is 14.2 Å². The molecule has 2 aromatic carbocycles. The van der Waals surface area contributed by atoms with E-state index in [9.17, 15) is 8.42 Å². The number of nitrogens with one attached hydrogen (secondary N) is 1. The first-order valence-corrected chi connectivity index (χ1v) is 10.8. The first-order valence-electron chi connectivity index (χ1n) is 9.28. The Hall–Kier alpha value is -3.33. The average Bonchev–Trinajstić information content (AvgIpc) is 2.77. The maximum Gasteiger partial charge on any atom is 0.262 e. The molecule has 30 heavy (non-hydrogen) atoms. The number of sulfonamides is 1. The molecule has 3 aromatic rings. The zero-order chi connectivity index (χ0) is 21.6. The second-order valence-electron chi connectivity index (χ2n) is 6.31. The van der Waals surface area contributed by atoms with Crippen molar-refractivity contribution in [2.24, 2.45) is 0 Å². The second-order valence-corrected chi connectivity index (χ2v) is 7.99. The minimum absolute atomic E-state index is 0.0581. The highest BCUT2D eigenvalue weighted by molar-refractivity contribution is 7.92. The summed E-state index contributed by atoms with van der Waals surface area (Å²) in [6.07, 6.45) is 0.881. The number of hydrogen-bond donors (Lipinski definition) is 1. The molecule has 8 nitrogen and oxygen atoms in total. The smallest absolute Gasteiger partial charge is 0.262 e. The highest BCUT2D eigenvalue weighted by Gasteiger charge is 2.17. The summed E-state index contributed by atoms with van der Waals surface area (Å²) in [5.41, 5.74) is 1.72. The molecule has 1 heterocycles. The molecule has 0 saturated carbocycles.